The molecular formula is C12H10F3N3O2S. The highest BCUT2D eigenvalue weighted by atomic mass is 32.2. The molecule has 0 saturated carbocycles. The number of primary sulfonamides is 1. The average Bonchev–Trinajstić information content (AvgIpc) is 2.37. The maximum Gasteiger partial charge on any atom is 0.417 e. The minimum absolute atomic E-state index is 0.0686. The van der Waals surface area contributed by atoms with E-state index < -0.39 is 21.8 Å². The molecule has 1 heterocycles. The third-order valence-electron chi connectivity index (χ3n) is 2.55. The van der Waals surface area contributed by atoms with Gasteiger partial charge in [-0.25, -0.2) is 18.5 Å². The van der Waals surface area contributed by atoms with E-state index >= 15 is 0 Å². The monoisotopic (exact) mass is 317 g/mol. The highest BCUT2D eigenvalue weighted by Gasteiger charge is 2.30. The fraction of sp³-hybridized carbons (Fsp3) is 0.0833. The highest BCUT2D eigenvalue weighted by Crippen LogP contribution is 2.29. The molecule has 0 aliphatic rings. The second-order valence-electron chi connectivity index (χ2n) is 4.10. The predicted octanol–water partition coefficient (Wildman–Crippen LogP) is 2.49. The van der Waals surface area contributed by atoms with Crippen molar-refractivity contribution < 1.29 is 21.6 Å². The van der Waals surface area contributed by atoms with E-state index in [2.05, 4.69) is 10.3 Å². The summed E-state index contributed by atoms with van der Waals surface area (Å²) in [6, 6.07) is 7.69. The first-order valence-corrected chi connectivity index (χ1v) is 7.14. The van der Waals surface area contributed by atoms with E-state index in [1.54, 1.807) is 6.07 Å². The lowest BCUT2D eigenvalue weighted by molar-refractivity contribution is -0.137. The van der Waals surface area contributed by atoms with Crippen molar-refractivity contribution in [2.24, 2.45) is 5.14 Å². The van der Waals surface area contributed by atoms with E-state index in [9.17, 15) is 21.6 Å². The number of sulfonamides is 1. The van der Waals surface area contributed by atoms with E-state index in [4.69, 9.17) is 5.14 Å². The number of rotatable bonds is 3. The zero-order valence-corrected chi connectivity index (χ0v) is 11.2. The molecule has 0 saturated heterocycles. The number of halogens is 3. The highest BCUT2D eigenvalue weighted by molar-refractivity contribution is 7.89. The van der Waals surface area contributed by atoms with Crippen LogP contribution in [0.5, 0.6) is 0 Å². The molecule has 0 radical (unpaired) electrons. The molecule has 9 heteroatoms. The summed E-state index contributed by atoms with van der Waals surface area (Å²) >= 11 is 0. The molecule has 0 spiro atoms. The van der Waals surface area contributed by atoms with Crippen molar-refractivity contribution in [2.75, 3.05) is 5.32 Å². The molecule has 1 aromatic carbocycles. The van der Waals surface area contributed by atoms with E-state index in [0.29, 0.717) is 6.20 Å². The fourth-order valence-corrected chi connectivity index (χ4v) is 2.29. The van der Waals surface area contributed by atoms with Crippen LogP contribution in [0.15, 0.2) is 47.5 Å². The summed E-state index contributed by atoms with van der Waals surface area (Å²) in [6.07, 6.45) is -3.83. The van der Waals surface area contributed by atoms with Crippen molar-refractivity contribution in [3.8, 4) is 0 Å². The molecule has 0 fully saturated rings. The molecule has 5 nitrogen and oxygen atoms in total. The number of para-hydroxylation sites is 1. The lowest BCUT2D eigenvalue weighted by atomic mass is 10.2. The summed E-state index contributed by atoms with van der Waals surface area (Å²) in [5.74, 6) is 0.0686. The Hall–Kier alpha value is -2.13. The minimum atomic E-state index is -4.48. The van der Waals surface area contributed by atoms with Crippen LogP contribution in [0.2, 0.25) is 0 Å². The zero-order valence-electron chi connectivity index (χ0n) is 10.4. The van der Waals surface area contributed by atoms with Crippen molar-refractivity contribution in [2.45, 2.75) is 11.1 Å². The van der Waals surface area contributed by atoms with Gasteiger partial charge < -0.3 is 5.32 Å². The third kappa shape index (κ3) is 3.70. The third-order valence-corrected chi connectivity index (χ3v) is 3.52. The lowest BCUT2D eigenvalue weighted by Gasteiger charge is -2.11. The second kappa shape index (κ2) is 5.34. The van der Waals surface area contributed by atoms with Crippen LogP contribution >= 0.6 is 0 Å². The van der Waals surface area contributed by atoms with Gasteiger partial charge in [0.15, 0.2) is 0 Å². The van der Waals surface area contributed by atoms with E-state index in [1.807, 2.05) is 0 Å². The SMILES string of the molecule is NS(=O)(=O)c1ccccc1Nc1ccc(C(F)(F)F)cn1. The van der Waals surface area contributed by atoms with Gasteiger partial charge in [-0.15, -0.1) is 0 Å². The Kier molecular flexibility index (Phi) is 3.88. The molecule has 0 unspecified atom stereocenters. The van der Waals surface area contributed by atoms with Gasteiger partial charge in [0.05, 0.1) is 11.3 Å². The lowest BCUT2D eigenvalue weighted by Crippen LogP contribution is -2.14. The molecular weight excluding hydrogens is 307 g/mol. The van der Waals surface area contributed by atoms with Crippen molar-refractivity contribution in [3.05, 3.63) is 48.2 Å². The molecule has 0 atom stereocenters. The summed E-state index contributed by atoms with van der Waals surface area (Å²) in [5.41, 5.74) is -0.764. The molecule has 21 heavy (non-hydrogen) atoms. The van der Waals surface area contributed by atoms with Crippen LogP contribution in [0.3, 0.4) is 0 Å². The maximum atomic E-state index is 12.4. The first-order chi connectivity index (χ1) is 9.68. The van der Waals surface area contributed by atoms with Gasteiger partial charge in [0.1, 0.15) is 10.7 Å². The Bertz CT molecular complexity index is 743. The number of nitrogens with one attached hydrogen (secondary N) is 1. The molecule has 0 aliphatic heterocycles. The normalized spacial score (nSPS) is 12.2. The number of hydrogen-bond acceptors (Lipinski definition) is 4. The van der Waals surface area contributed by atoms with Crippen LogP contribution < -0.4 is 10.5 Å². The Labute approximate surface area is 118 Å². The fourth-order valence-electron chi connectivity index (χ4n) is 1.59. The van der Waals surface area contributed by atoms with Crippen molar-refractivity contribution in [1.29, 1.82) is 0 Å². The van der Waals surface area contributed by atoms with Gasteiger partial charge >= 0.3 is 6.18 Å². The zero-order chi connectivity index (χ0) is 15.7. The van der Waals surface area contributed by atoms with E-state index in [1.165, 1.54) is 18.2 Å². The number of alkyl halides is 3. The maximum absolute atomic E-state index is 12.4. The predicted molar refractivity (Wildman–Crippen MR) is 70.3 cm³/mol. The van der Waals surface area contributed by atoms with Gasteiger partial charge in [-0.3, -0.25) is 0 Å². The van der Waals surface area contributed by atoms with Gasteiger partial charge in [0.2, 0.25) is 10.0 Å². The van der Waals surface area contributed by atoms with E-state index in [0.717, 1.165) is 12.1 Å². The Morgan fingerprint density at radius 2 is 1.76 bits per heavy atom. The van der Waals surface area contributed by atoms with Crippen molar-refractivity contribution in [1.82, 2.24) is 4.98 Å². The van der Waals surface area contributed by atoms with Gasteiger partial charge in [-0.2, -0.15) is 13.2 Å². The van der Waals surface area contributed by atoms with Crippen LogP contribution in [0.25, 0.3) is 0 Å². The first kappa shape index (κ1) is 15.3. The van der Waals surface area contributed by atoms with Gasteiger partial charge in [0, 0.05) is 6.20 Å². The Morgan fingerprint density at radius 1 is 1.10 bits per heavy atom. The topological polar surface area (TPSA) is 85.1 Å². The van der Waals surface area contributed by atoms with Crippen molar-refractivity contribution >= 4 is 21.5 Å². The smallest absolute Gasteiger partial charge is 0.339 e. The standard InChI is InChI=1S/C12H10F3N3O2S/c13-12(14,15)8-5-6-11(17-7-8)18-9-3-1-2-4-10(9)21(16,19)20/h1-7H,(H,17,18)(H2,16,19,20). The van der Waals surface area contributed by atoms with Gasteiger partial charge in [-0.1, -0.05) is 12.1 Å². The summed E-state index contributed by atoms with van der Waals surface area (Å²) < 4.78 is 60.0. The second-order valence-corrected chi connectivity index (χ2v) is 5.63. The molecule has 2 rings (SSSR count). The van der Waals surface area contributed by atoms with Gasteiger partial charge in [-0.05, 0) is 24.3 Å². The number of anilines is 2. The summed E-state index contributed by atoms with van der Waals surface area (Å²) in [4.78, 5) is 3.42. The molecule has 0 aliphatic carbocycles. The first-order valence-electron chi connectivity index (χ1n) is 5.60. The van der Waals surface area contributed by atoms with E-state index in [-0.39, 0.29) is 16.4 Å². The number of nitrogens with two attached hydrogens (primary N) is 1. The summed E-state index contributed by atoms with van der Waals surface area (Å²) in [6.45, 7) is 0. The Morgan fingerprint density at radius 3 is 2.29 bits per heavy atom. The average molecular weight is 317 g/mol. The quantitative estimate of drug-likeness (QED) is 0.911. The number of aromatic nitrogens is 1. The molecule has 3 N–H and O–H groups in total. The molecule has 0 amide bonds. The molecule has 0 bridgehead atoms. The van der Waals surface area contributed by atoms with Crippen LogP contribution in [-0.4, -0.2) is 13.4 Å². The number of benzene rings is 1. The summed E-state index contributed by atoms with van der Waals surface area (Å²) in [7, 11) is -3.96. The van der Waals surface area contributed by atoms with Crippen LogP contribution in [-0.2, 0) is 16.2 Å². The van der Waals surface area contributed by atoms with Crippen LogP contribution in [0, 0.1) is 0 Å². The largest absolute Gasteiger partial charge is 0.417 e. The molecule has 2 aromatic rings. The number of nitrogens with zero attached hydrogens (tertiary/aromatic N) is 1. The molecule has 112 valence electrons. The summed E-state index contributed by atoms with van der Waals surface area (Å²) in [5, 5.41) is 7.68. The Balaban J connectivity index is 2.32. The van der Waals surface area contributed by atoms with Gasteiger partial charge in [0.25, 0.3) is 0 Å². The van der Waals surface area contributed by atoms with Crippen LogP contribution in [0.4, 0.5) is 24.7 Å². The molecule has 1 aromatic heterocycles. The number of pyridine rings is 1. The van der Waals surface area contributed by atoms with Crippen molar-refractivity contribution in [3.63, 3.8) is 0 Å². The minimum Gasteiger partial charge on any atom is -0.339 e. The van der Waals surface area contributed by atoms with Crippen LogP contribution in [0.1, 0.15) is 5.56 Å². The number of hydrogen-bond donors (Lipinski definition) is 2.